The van der Waals surface area contributed by atoms with Crippen molar-refractivity contribution in [3.63, 3.8) is 0 Å². The Morgan fingerprint density at radius 3 is 2.83 bits per heavy atom. The third-order valence-corrected chi connectivity index (χ3v) is 6.28. The zero-order valence-electron chi connectivity index (χ0n) is 19.2. The van der Waals surface area contributed by atoms with E-state index in [-0.39, 0.29) is 5.91 Å². The molecule has 1 saturated carbocycles. The minimum Gasteiger partial charge on any atom is -0.495 e. The first kappa shape index (κ1) is 21.1. The van der Waals surface area contributed by atoms with Gasteiger partial charge in [0.15, 0.2) is 5.82 Å². The lowest BCUT2D eigenvalue weighted by Crippen LogP contribution is -2.27. The highest BCUT2D eigenvalue weighted by atomic mass is 16.5. The molecule has 0 saturated heterocycles. The molecule has 0 aliphatic heterocycles. The maximum Gasteiger partial charge on any atom is 0.269 e. The number of fused-ring (bicyclic) bond motifs is 3. The van der Waals surface area contributed by atoms with Gasteiger partial charge in [0.05, 0.1) is 30.0 Å². The van der Waals surface area contributed by atoms with Gasteiger partial charge in [0.25, 0.3) is 5.91 Å². The Kier molecular flexibility index (Phi) is 5.05. The maximum atomic E-state index is 12.5. The summed E-state index contributed by atoms with van der Waals surface area (Å²) >= 11 is 0. The molecule has 0 bridgehead atoms. The zero-order chi connectivity index (χ0) is 23.9. The fraction of sp³-hybridized carbons (Fsp3) is 0.240. The molecule has 6 rings (SSSR count). The molecule has 1 amide bonds. The van der Waals surface area contributed by atoms with Gasteiger partial charge < -0.3 is 20.4 Å². The van der Waals surface area contributed by atoms with Crippen LogP contribution in [0.25, 0.3) is 33.2 Å². The number of pyridine rings is 2. The third-order valence-electron chi connectivity index (χ3n) is 6.28. The van der Waals surface area contributed by atoms with Crippen molar-refractivity contribution in [2.45, 2.75) is 25.3 Å². The number of nitrogens with two attached hydrogens (primary N) is 1. The lowest BCUT2D eigenvalue weighted by atomic mass is 10.1. The van der Waals surface area contributed by atoms with Gasteiger partial charge in [-0.15, -0.1) is 0 Å². The zero-order valence-corrected chi connectivity index (χ0v) is 19.2. The number of hydrogen-bond acceptors (Lipinski definition) is 7. The van der Waals surface area contributed by atoms with Crippen LogP contribution in [-0.2, 0) is 6.42 Å². The van der Waals surface area contributed by atoms with E-state index in [9.17, 15) is 4.79 Å². The number of rotatable bonds is 7. The molecular weight excluding hydrogens is 444 g/mol. The minimum absolute atomic E-state index is 0.236. The first-order valence-electron chi connectivity index (χ1n) is 11.5. The molecule has 4 N–H and O–H groups in total. The standard InChI is InChI=1S/C25H24N8O2/c1-35-16-5-7-19(28-13-16)25(34)27-10-9-21-31-22-23(33(21)15-3-4-15)17-6-2-14(18-8-11-29-32-18)12-20(17)30-24(22)26/h2,5-8,11-13,15H,3-4,9-10H2,1H3,(H2,26,30)(H,27,34)(H,29,32). The van der Waals surface area contributed by atoms with Gasteiger partial charge in [-0.05, 0) is 43.2 Å². The number of methoxy groups -OCH3 is 1. The van der Waals surface area contributed by atoms with Gasteiger partial charge >= 0.3 is 0 Å². The lowest BCUT2D eigenvalue weighted by molar-refractivity contribution is 0.0949. The van der Waals surface area contributed by atoms with Crippen molar-refractivity contribution in [3.05, 3.63) is 60.3 Å². The molecule has 1 aliphatic carbocycles. The van der Waals surface area contributed by atoms with Crippen LogP contribution in [0.3, 0.4) is 0 Å². The Morgan fingerprint density at radius 2 is 2.11 bits per heavy atom. The van der Waals surface area contributed by atoms with E-state index in [1.54, 1.807) is 25.4 Å². The summed E-state index contributed by atoms with van der Waals surface area (Å²) < 4.78 is 7.38. The van der Waals surface area contributed by atoms with Gasteiger partial charge in [0.1, 0.15) is 22.8 Å². The number of anilines is 1. The van der Waals surface area contributed by atoms with Crippen molar-refractivity contribution in [2.75, 3.05) is 19.4 Å². The number of nitrogens with zero attached hydrogens (tertiary/aromatic N) is 5. The lowest BCUT2D eigenvalue weighted by Gasteiger charge is -2.11. The first-order chi connectivity index (χ1) is 17.1. The number of amides is 1. The molecule has 1 fully saturated rings. The number of H-pyrrole nitrogens is 1. The van der Waals surface area contributed by atoms with Gasteiger partial charge in [-0.25, -0.2) is 15.0 Å². The van der Waals surface area contributed by atoms with Gasteiger partial charge in [-0.2, -0.15) is 5.10 Å². The molecule has 10 nitrogen and oxygen atoms in total. The molecular formula is C25H24N8O2. The number of aromatic nitrogens is 6. The average Bonchev–Trinajstić information content (AvgIpc) is 3.41. The van der Waals surface area contributed by atoms with E-state index in [1.165, 1.54) is 6.20 Å². The smallest absolute Gasteiger partial charge is 0.269 e. The molecule has 1 aromatic carbocycles. The third kappa shape index (κ3) is 3.82. The van der Waals surface area contributed by atoms with Gasteiger partial charge in [-0.1, -0.05) is 6.07 Å². The number of ether oxygens (including phenoxy) is 1. The predicted molar refractivity (Wildman–Crippen MR) is 132 cm³/mol. The summed E-state index contributed by atoms with van der Waals surface area (Å²) in [6.45, 7) is 0.428. The van der Waals surface area contributed by atoms with E-state index in [0.717, 1.165) is 46.3 Å². The summed E-state index contributed by atoms with van der Waals surface area (Å²) in [6, 6.07) is 11.8. The largest absolute Gasteiger partial charge is 0.495 e. The fourth-order valence-corrected chi connectivity index (χ4v) is 4.42. The van der Waals surface area contributed by atoms with Crippen molar-refractivity contribution in [1.82, 2.24) is 35.0 Å². The van der Waals surface area contributed by atoms with Crippen LogP contribution in [0.4, 0.5) is 5.82 Å². The van der Waals surface area contributed by atoms with Crippen LogP contribution in [0.5, 0.6) is 5.75 Å². The molecule has 5 aromatic rings. The number of carbonyl (C=O) groups excluding carboxylic acids is 1. The second kappa shape index (κ2) is 8.39. The van der Waals surface area contributed by atoms with Crippen molar-refractivity contribution in [2.24, 2.45) is 0 Å². The SMILES string of the molecule is COc1ccc(C(=O)NCCc2nc3c(N)nc4cc(-c5ccn[nH]5)ccc4c3n2C2CC2)nc1. The highest BCUT2D eigenvalue weighted by Crippen LogP contribution is 2.41. The number of aromatic amines is 1. The Hall–Kier alpha value is -4.47. The van der Waals surface area contributed by atoms with Crippen LogP contribution in [0.15, 0.2) is 48.8 Å². The Balaban J connectivity index is 1.31. The topological polar surface area (TPSA) is 137 Å². The van der Waals surface area contributed by atoms with Crippen LogP contribution in [0, 0.1) is 0 Å². The normalized spacial score (nSPS) is 13.4. The number of nitrogens with one attached hydrogen (secondary N) is 2. The van der Waals surface area contributed by atoms with E-state index in [4.69, 9.17) is 15.5 Å². The molecule has 0 spiro atoms. The van der Waals surface area contributed by atoms with Gasteiger partial charge in [0.2, 0.25) is 0 Å². The van der Waals surface area contributed by atoms with Crippen molar-refractivity contribution >= 4 is 33.7 Å². The highest BCUT2D eigenvalue weighted by Gasteiger charge is 2.30. The number of benzene rings is 1. The van der Waals surface area contributed by atoms with Crippen LogP contribution >= 0.6 is 0 Å². The van der Waals surface area contributed by atoms with Crippen LogP contribution < -0.4 is 15.8 Å². The molecule has 4 heterocycles. The Morgan fingerprint density at radius 1 is 1.23 bits per heavy atom. The van der Waals surface area contributed by atoms with Crippen molar-refractivity contribution in [1.29, 1.82) is 0 Å². The maximum absolute atomic E-state index is 12.5. The van der Waals surface area contributed by atoms with E-state index < -0.39 is 0 Å². The number of nitrogen functional groups attached to an aromatic ring is 1. The number of carbonyl (C=O) groups is 1. The number of imidazole rings is 1. The summed E-state index contributed by atoms with van der Waals surface area (Å²) in [4.78, 5) is 26.2. The second-order valence-electron chi connectivity index (χ2n) is 8.61. The highest BCUT2D eigenvalue weighted by molar-refractivity contribution is 6.07. The van der Waals surface area contributed by atoms with Crippen LogP contribution in [0.2, 0.25) is 0 Å². The second-order valence-corrected chi connectivity index (χ2v) is 8.61. The molecule has 0 radical (unpaired) electrons. The Labute approximate surface area is 200 Å². The van der Waals surface area contributed by atoms with E-state index in [0.29, 0.717) is 41.8 Å². The van der Waals surface area contributed by atoms with E-state index in [1.807, 2.05) is 12.1 Å². The summed E-state index contributed by atoms with van der Waals surface area (Å²) in [6.07, 6.45) is 6.01. The molecule has 35 heavy (non-hydrogen) atoms. The molecule has 176 valence electrons. The average molecular weight is 469 g/mol. The summed E-state index contributed by atoms with van der Waals surface area (Å²) in [7, 11) is 1.56. The van der Waals surface area contributed by atoms with Crippen molar-refractivity contribution < 1.29 is 9.53 Å². The predicted octanol–water partition coefficient (Wildman–Crippen LogP) is 3.27. The van der Waals surface area contributed by atoms with Crippen LogP contribution in [0.1, 0.15) is 35.2 Å². The van der Waals surface area contributed by atoms with Crippen LogP contribution in [-0.4, -0.2) is 49.3 Å². The molecule has 4 aromatic heterocycles. The quantitative estimate of drug-likeness (QED) is 0.333. The molecule has 1 aliphatic rings. The van der Waals surface area contributed by atoms with E-state index >= 15 is 0 Å². The van der Waals surface area contributed by atoms with Gasteiger partial charge in [-0.3, -0.25) is 9.89 Å². The minimum atomic E-state index is -0.236. The van der Waals surface area contributed by atoms with Crippen molar-refractivity contribution in [3.8, 4) is 17.0 Å². The number of hydrogen-bond donors (Lipinski definition) is 3. The fourth-order valence-electron chi connectivity index (χ4n) is 4.42. The summed E-state index contributed by atoms with van der Waals surface area (Å²) in [5.74, 6) is 1.67. The first-order valence-corrected chi connectivity index (χ1v) is 11.5. The Bertz CT molecular complexity index is 1540. The summed E-state index contributed by atoms with van der Waals surface area (Å²) in [5.41, 5.74) is 11.2. The van der Waals surface area contributed by atoms with E-state index in [2.05, 4.69) is 42.2 Å². The molecule has 0 unspecified atom stereocenters. The molecule has 0 atom stereocenters. The van der Waals surface area contributed by atoms with Gasteiger partial charge in [0, 0.05) is 36.2 Å². The monoisotopic (exact) mass is 468 g/mol. The molecule has 10 heteroatoms. The summed E-state index contributed by atoms with van der Waals surface area (Å²) in [5, 5.41) is 11.0.